The van der Waals surface area contributed by atoms with E-state index in [0.29, 0.717) is 0 Å². The molecule has 0 atom stereocenters. The molecule has 0 amide bonds. The standard InChI is InChI=1S/C8H12.C5H5.C3H9Si.Co/c1-2-4-6-8-7-5-3-1;1-2-4-5-3-1;1-4(2)3;/h1-2,7-8H,3-6H2;1-3H,4H2;1-3H3;/b2-1-,8-7-;;;. The summed E-state index contributed by atoms with van der Waals surface area (Å²) in [5.74, 6) is 0. The maximum atomic E-state index is 2.41. The molecule has 103 valence electrons. The third-order valence-electron chi connectivity index (χ3n) is 2.40. The molecule has 0 saturated heterocycles. The van der Waals surface area contributed by atoms with Crippen LogP contribution in [0.25, 0.3) is 0 Å². The number of allylic oxidation sites excluding steroid dienone is 8. The van der Waals surface area contributed by atoms with Crippen molar-refractivity contribution in [3.8, 4) is 0 Å². The molecule has 2 aliphatic carbocycles. The summed E-state index contributed by atoms with van der Waals surface area (Å²) in [4.78, 5) is 0. The molecule has 0 aromatic heterocycles. The van der Waals surface area contributed by atoms with E-state index in [1.807, 2.05) is 0 Å². The average molecular weight is 305 g/mol. The molecule has 0 aromatic carbocycles. The van der Waals surface area contributed by atoms with Crippen LogP contribution in [0.15, 0.2) is 47.0 Å². The SMILES string of the molecule is C1=C\CC/C=C\CC/1.C[Si](C)(C)[Co][C]1=CC=CC1. The van der Waals surface area contributed by atoms with E-state index < -0.39 is 6.72 Å². The van der Waals surface area contributed by atoms with Crippen LogP contribution in [0.5, 0.6) is 0 Å². The Bertz CT molecular complexity index is 317. The molecular weight excluding hydrogens is 279 g/mol. The Morgan fingerprint density at radius 2 is 1.33 bits per heavy atom. The Kier molecular flexibility index (Phi) is 7.63. The van der Waals surface area contributed by atoms with Gasteiger partial charge in [-0.2, -0.15) is 0 Å². The van der Waals surface area contributed by atoms with Gasteiger partial charge in [0.25, 0.3) is 0 Å². The van der Waals surface area contributed by atoms with Crippen LogP contribution in [0.2, 0.25) is 19.6 Å². The van der Waals surface area contributed by atoms with Crippen molar-refractivity contribution >= 4 is 6.72 Å². The zero-order valence-corrected chi connectivity index (χ0v) is 14.0. The molecule has 0 heterocycles. The molecule has 0 fully saturated rings. The van der Waals surface area contributed by atoms with Gasteiger partial charge < -0.3 is 0 Å². The Balaban J connectivity index is 0.000000184. The summed E-state index contributed by atoms with van der Waals surface area (Å²) in [6.45, 7) is 6.36. The summed E-state index contributed by atoms with van der Waals surface area (Å²) < 4.78 is 1.61. The van der Waals surface area contributed by atoms with Crippen LogP contribution < -0.4 is 0 Å². The van der Waals surface area contributed by atoms with Gasteiger partial charge >= 0.3 is 69.6 Å². The van der Waals surface area contributed by atoms with E-state index >= 15 is 0 Å². The molecule has 0 bridgehead atoms. The summed E-state index contributed by atoms with van der Waals surface area (Å²) >= 11 is 1.65. The van der Waals surface area contributed by atoms with Gasteiger partial charge in [0.15, 0.2) is 0 Å². The van der Waals surface area contributed by atoms with Crippen molar-refractivity contribution in [2.45, 2.75) is 51.7 Å². The molecule has 0 nitrogen and oxygen atoms in total. The van der Waals surface area contributed by atoms with Gasteiger partial charge in [0.05, 0.1) is 0 Å². The third kappa shape index (κ3) is 8.73. The fourth-order valence-corrected chi connectivity index (χ4v) is 6.23. The molecule has 0 radical (unpaired) electrons. The van der Waals surface area contributed by atoms with Gasteiger partial charge in [0, 0.05) is 0 Å². The molecule has 2 aliphatic rings. The van der Waals surface area contributed by atoms with E-state index in [9.17, 15) is 0 Å². The summed E-state index contributed by atoms with van der Waals surface area (Å²) in [5, 5.41) is 0. The van der Waals surface area contributed by atoms with E-state index in [0.717, 1.165) is 0 Å². The Morgan fingerprint density at radius 1 is 0.833 bits per heavy atom. The summed E-state index contributed by atoms with van der Waals surface area (Å²) in [6.07, 6.45) is 21.9. The van der Waals surface area contributed by atoms with Crippen LogP contribution in [0.4, 0.5) is 0 Å². The molecule has 0 aliphatic heterocycles. The predicted molar refractivity (Wildman–Crippen MR) is 81.9 cm³/mol. The molecule has 0 N–H and O–H groups in total. The molecular formula is C16H26CoSi. The molecule has 0 aromatic rings. The minimum atomic E-state index is -0.862. The monoisotopic (exact) mass is 305 g/mol. The Labute approximate surface area is 119 Å². The van der Waals surface area contributed by atoms with Crippen molar-refractivity contribution in [2.75, 3.05) is 0 Å². The van der Waals surface area contributed by atoms with Crippen molar-refractivity contribution in [3.63, 3.8) is 0 Å². The molecule has 18 heavy (non-hydrogen) atoms. The van der Waals surface area contributed by atoms with E-state index in [-0.39, 0.29) is 0 Å². The van der Waals surface area contributed by atoms with Crippen LogP contribution in [-0.4, -0.2) is 6.72 Å². The number of hydrogen-bond acceptors (Lipinski definition) is 0. The summed E-state index contributed by atoms with van der Waals surface area (Å²) in [6, 6.07) is 0. The van der Waals surface area contributed by atoms with Crippen LogP contribution in [0.1, 0.15) is 32.1 Å². The van der Waals surface area contributed by atoms with Crippen LogP contribution in [-0.2, 0) is 14.1 Å². The third-order valence-corrected chi connectivity index (χ3v) is 6.85. The molecule has 2 rings (SSSR count). The Hall–Kier alpha value is -0.317. The summed E-state index contributed by atoms with van der Waals surface area (Å²) in [7, 11) is 0. The molecule has 0 spiro atoms. The predicted octanol–water partition coefficient (Wildman–Crippen LogP) is 5.42. The molecule has 2 heteroatoms. The van der Waals surface area contributed by atoms with Crippen LogP contribution >= 0.6 is 0 Å². The van der Waals surface area contributed by atoms with E-state index in [2.05, 4.69) is 62.2 Å². The number of rotatable bonds is 2. The zero-order chi connectivity index (χ0) is 13.3. The van der Waals surface area contributed by atoms with Crippen LogP contribution in [0, 0.1) is 0 Å². The van der Waals surface area contributed by atoms with Gasteiger partial charge in [-0.3, -0.25) is 0 Å². The van der Waals surface area contributed by atoms with Crippen molar-refractivity contribution in [2.24, 2.45) is 0 Å². The molecule has 0 saturated carbocycles. The van der Waals surface area contributed by atoms with Gasteiger partial charge in [0.2, 0.25) is 0 Å². The van der Waals surface area contributed by atoms with Gasteiger partial charge in [-0.05, 0) is 25.7 Å². The fourth-order valence-electron chi connectivity index (χ4n) is 1.65. The van der Waals surface area contributed by atoms with Crippen molar-refractivity contribution in [1.29, 1.82) is 0 Å². The van der Waals surface area contributed by atoms with E-state index in [4.69, 9.17) is 0 Å². The van der Waals surface area contributed by atoms with Gasteiger partial charge in [-0.1, -0.05) is 24.3 Å². The first-order chi connectivity index (χ1) is 8.58. The average Bonchev–Trinajstić information content (AvgIpc) is 2.67. The number of hydrogen-bond donors (Lipinski definition) is 0. The molecule has 0 unspecified atom stereocenters. The van der Waals surface area contributed by atoms with Crippen LogP contribution in [0.3, 0.4) is 0 Å². The second-order valence-electron chi connectivity index (χ2n) is 5.40. The van der Waals surface area contributed by atoms with E-state index in [1.54, 1.807) is 18.6 Å². The van der Waals surface area contributed by atoms with Gasteiger partial charge in [-0.25, -0.2) is 0 Å². The van der Waals surface area contributed by atoms with Crippen molar-refractivity contribution in [1.82, 2.24) is 0 Å². The van der Waals surface area contributed by atoms with Gasteiger partial charge in [0.1, 0.15) is 0 Å². The second kappa shape index (κ2) is 8.73. The van der Waals surface area contributed by atoms with Crippen molar-refractivity contribution in [3.05, 3.63) is 47.0 Å². The zero-order valence-electron chi connectivity index (χ0n) is 11.9. The summed E-state index contributed by atoms with van der Waals surface area (Å²) in [5.41, 5.74) is 0. The van der Waals surface area contributed by atoms with Gasteiger partial charge in [-0.15, -0.1) is 0 Å². The second-order valence-corrected chi connectivity index (χ2v) is 15.7. The Morgan fingerprint density at radius 3 is 1.67 bits per heavy atom. The first kappa shape index (κ1) is 15.7. The topological polar surface area (TPSA) is 0 Å². The first-order valence-corrected chi connectivity index (χ1v) is 12.3. The first-order valence-electron chi connectivity index (χ1n) is 6.85. The maximum absolute atomic E-state index is 2.41. The van der Waals surface area contributed by atoms with Crippen molar-refractivity contribution < 1.29 is 14.1 Å². The normalized spacial score (nSPS) is 22.5. The minimum absolute atomic E-state index is 0.862. The van der Waals surface area contributed by atoms with E-state index in [1.165, 1.54) is 32.1 Å². The fraction of sp³-hybridized carbons (Fsp3) is 0.500. The quantitative estimate of drug-likeness (QED) is 0.472.